The van der Waals surface area contributed by atoms with Gasteiger partial charge < -0.3 is 10.6 Å². The second-order valence-electron chi connectivity index (χ2n) is 6.02. The number of thiazole rings is 1. The molecule has 4 rings (SSSR count). The first kappa shape index (κ1) is 14.7. The minimum atomic E-state index is -0.655. The van der Waals surface area contributed by atoms with Gasteiger partial charge in [0.05, 0.1) is 4.88 Å². The van der Waals surface area contributed by atoms with Crippen LogP contribution in [0.5, 0.6) is 0 Å². The molecule has 23 heavy (non-hydrogen) atoms. The van der Waals surface area contributed by atoms with Crippen molar-refractivity contribution in [2.75, 3.05) is 0 Å². The molecule has 2 fully saturated rings. The van der Waals surface area contributed by atoms with Crippen molar-refractivity contribution in [2.45, 2.75) is 37.4 Å². The molecule has 2 saturated heterocycles. The zero-order valence-corrected chi connectivity index (χ0v) is 13.0. The minimum Gasteiger partial charge on any atom is -0.346 e. The molecule has 2 N–H and O–H groups in total. The van der Waals surface area contributed by atoms with Crippen LogP contribution >= 0.6 is 11.3 Å². The first-order chi connectivity index (χ1) is 11.1. The fraction of sp³-hybridized carbons (Fsp3) is 0.375. The summed E-state index contributed by atoms with van der Waals surface area (Å²) >= 11 is 1.11. The van der Waals surface area contributed by atoms with E-state index < -0.39 is 11.6 Å². The van der Waals surface area contributed by atoms with E-state index in [4.69, 9.17) is 0 Å². The Bertz CT molecular complexity index is 764. The second-order valence-corrected chi connectivity index (χ2v) is 7.05. The summed E-state index contributed by atoms with van der Waals surface area (Å²) in [5, 5.41) is 6.77. The number of nitrogens with one attached hydrogen (secondary N) is 2. The second kappa shape index (κ2) is 5.65. The van der Waals surface area contributed by atoms with Gasteiger partial charge in [-0.3, -0.25) is 4.79 Å². The average molecular weight is 335 g/mol. The summed E-state index contributed by atoms with van der Waals surface area (Å²) < 4.78 is 26.8. The van der Waals surface area contributed by atoms with Gasteiger partial charge in [-0.2, -0.15) is 0 Å². The Morgan fingerprint density at radius 3 is 2.91 bits per heavy atom. The molecule has 0 aliphatic carbocycles. The number of aromatic nitrogens is 1. The summed E-state index contributed by atoms with van der Waals surface area (Å²) in [4.78, 5) is 16.9. The molecule has 0 radical (unpaired) electrons. The van der Waals surface area contributed by atoms with E-state index in [1.165, 1.54) is 24.8 Å². The summed E-state index contributed by atoms with van der Waals surface area (Å²) in [6, 6.07) is 4.37. The molecular formula is C16H15F2N3OS. The Labute approximate surface area is 135 Å². The van der Waals surface area contributed by atoms with Crippen LogP contribution in [0.25, 0.3) is 10.4 Å². The van der Waals surface area contributed by atoms with E-state index in [2.05, 4.69) is 15.6 Å². The first-order valence-electron chi connectivity index (χ1n) is 7.58. The predicted molar refractivity (Wildman–Crippen MR) is 83.3 cm³/mol. The van der Waals surface area contributed by atoms with Gasteiger partial charge in [0.25, 0.3) is 5.91 Å². The molecule has 0 saturated carbocycles. The molecule has 1 aromatic carbocycles. The van der Waals surface area contributed by atoms with E-state index in [9.17, 15) is 13.6 Å². The summed E-state index contributed by atoms with van der Waals surface area (Å²) in [7, 11) is 0. The zero-order chi connectivity index (χ0) is 16.0. The number of rotatable bonds is 3. The van der Waals surface area contributed by atoms with Crippen molar-refractivity contribution in [2.24, 2.45) is 0 Å². The fourth-order valence-corrected chi connectivity index (χ4v) is 4.25. The standard InChI is InChI=1S/C16H15F2N3OS/c17-8-1-3-10(11(18)5-8)14-7-19-16(23-14)15(22)21-13-6-9-2-4-12(13)20-9/h1,3,5,7,9,12-13,20H,2,4,6H2,(H,21,22)/t9-,12+,13-/m1/s1. The van der Waals surface area contributed by atoms with Crippen LogP contribution < -0.4 is 10.6 Å². The van der Waals surface area contributed by atoms with E-state index in [-0.39, 0.29) is 17.5 Å². The van der Waals surface area contributed by atoms with Crippen molar-refractivity contribution in [3.8, 4) is 10.4 Å². The lowest BCUT2D eigenvalue weighted by Crippen LogP contribution is -2.42. The van der Waals surface area contributed by atoms with Crippen LogP contribution in [0, 0.1) is 11.6 Å². The van der Waals surface area contributed by atoms with E-state index in [0.717, 1.165) is 30.2 Å². The van der Waals surface area contributed by atoms with Gasteiger partial charge in [0.1, 0.15) is 11.6 Å². The number of halogens is 2. The Morgan fingerprint density at radius 2 is 2.22 bits per heavy atom. The number of fused-ring (bicyclic) bond motifs is 2. The van der Waals surface area contributed by atoms with Gasteiger partial charge in [-0.15, -0.1) is 11.3 Å². The maximum Gasteiger partial charge on any atom is 0.280 e. The van der Waals surface area contributed by atoms with E-state index in [0.29, 0.717) is 22.0 Å². The van der Waals surface area contributed by atoms with Crippen LogP contribution in [-0.4, -0.2) is 29.0 Å². The van der Waals surface area contributed by atoms with Gasteiger partial charge in [0.2, 0.25) is 0 Å². The average Bonchev–Trinajstić information content (AvgIpc) is 3.23. The Kier molecular flexibility index (Phi) is 3.61. The van der Waals surface area contributed by atoms with Gasteiger partial charge >= 0.3 is 0 Å². The third-order valence-electron chi connectivity index (χ3n) is 4.51. The normalized spacial score (nSPS) is 25.7. The first-order valence-corrected chi connectivity index (χ1v) is 8.40. The van der Waals surface area contributed by atoms with E-state index in [1.54, 1.807) is 0 Å². The topological polar surface area (TPSA) is 54.0 Å². The predicted octanol–water partition coefficient (Wildman–Crippen LogP) is 2.71. The number of hydrogen-bond acceptors (Lipinski definition) is 4. The van der Waals surface area contributed by atoms with Gasteiger partial charge in [-0.25, -0.2) is 13.8 Å². The number of amides is 1. The Hall–Kier alpha value is -1.86. The third-order valence-corrected chi connectivity index (χ3v) is 5.54. The van der Waals surface area contributed by atoms with Crippen LogP contribution in [0.4, 0.5) is 8.78 Å². The monoisotopic (exact) mass is 335 g/mol. The maximum absolute atomic E-state index is 13.8. The Balaban J connectivity index is 1.50. The third kappa shape index (κ3) is 2.74. The largest absolute Gasteiger partial charge is 0.346 e. The highest BCUT2D eigenvalue weighted by atomic mass is 32.1. The molecule has 4 nitrogen and oxygen atoms in total. The molecule has 2 aliphatic heterocycles. The molecule has 3 heterocycles. The van der Waals surface area contributed by atoms with Crippen molar-refractivity contribution < 1.29 is 13.6 Å². The molecule has 3 atom stereocenters. The number of hydrogen-bond donors (Lipinski definition) is 2. The summed E-state index contributed by atoms with van der Waals surface area (Å²) in [5.74, 6) is -1.52. The van der Waals surface area contributed by atoms with Gasteiger partial charge in [-0.05, 0) is 31.4 Å². The minimum absolute atomic E-state index is 0.135. The lowest BCUT2D eigenvalue weighted by atomic mass is 9.95. The number of nitrogens with zero attached hydrogens (tertiary/aromatic N) is 1. The molecule has 0 spiro atoms. The number of carbonyl (C=O) groups excluding carboxylic acids is 1. The maximum atomic E-state index is 13.8. The number of benzene rings is 1. The van der Waals surface area contributed by atoms with Gasteiger partial charge in [-0.1, -0.05) is 0 Å². The smallest absolute Gasteiger partial charge is 0.280 e. The molecule has 1 amide bonds. The quantitative estimate of drug-likeness (QED) is 0.907. The van der Waals surface area contributed by atoms with Crippen molar-refractivity contribution in [1.29, 1.82) is 0 Å². The molecular weight excluding hydrogens is 320 g/mol. The molecule has 120 valence electrons. The molecule has 7 heteroatoms. The van der Waals surface area contributed by atoms with Crippen LogP contribution in [0.2, 0.25) is 0 Å². The molecule has 2 bridgehead atoms. The SMILES string of the molecule is O=C(N[C@@H]1C[C@H]2CC[C@@H]1N2)c1ncc(-c2ccc(F)cc2F)s1. The highest BCUT2D eigenvalue weighted by molar-refractivity contribution is 7.17. The molecule has 1 aromatic heterocycles. The number of carbonyl (C=O) groups is 1. The lowest BCUT2D eigenvalue weighted by molar-refractivity contribution is 0.0930. The zero-order valence-electron chi connectivity index (χ0n) is 12.2. The van der Waals surface area contributed by atoms with Crippen molar-refractivity contribution >= 4 is 17.2 Å². The highest BCUT2D eigenvalue weighted by Crippen LogP contribution is 2.30. The Morgan fingerprint density at radius 1 is 1.35 bits per heavy atom. The molecule has 0 unspecified atom stereocenters. The van der Waals surface area contributed by atoms with E-state index in [1.807, 2.05) is 0 Å². The van der Waals surface area contributed by atoms with Gasteiger partial charge in [0.15, 0.2) is 5.01 Å². The molecule has 2 aromatic rings. The summed E-state index contributed by atoms with van der Waals surface area (Å²) in [6.07, 6.45) is 4.65. The summed E-state index contributed by atoms with van der Waals surface area (Å²) in [5.41, 5.74) is 0.254. The van der Waals surface area contributed by atoms with Crippen LogP contribution in [-0.2, 0) is 0 Å². The summed E-state index contributed by atoms with van der Waals surface area (Å²) in [6.45, 7) is 0. The van der Waals surface area contributed by atoms with Crippen molar-refractivity contribution in [1.82, 2.24) is 15.6 Å². The van der Waals surface area contributed by atoms with Crippen LogP contribution in [0.15, 0.2) is 24.4 Å². The van der Waals surface area contributed by atoms with Crippen molar-refractivity contribution in [3.05, 3.63) is 41.0 Å². The van der Waals surface area contributed by atoms with Gasteiger partial charge in [0, 0.05) is 36.0 Å². The lowest BCUT2D eigenvalue weighted by Gasteiger charge is -2.20. The van der Waals surface area contributed by atoms with Crippen LogP contribution in [0.3, 0.4) is 0 Å². The fourth-order valence-electron chi connectivity index (χ4n) is 3.41. The highest BCUT2D eigenvalue weighted by Gasteiger charge is 2.39. The van der Waals surface area contributed by atoms with E-state index >= 15 is 0 Å². The molecule has 2 aliphatic rings. The van der Waals surface area contributed by atoms with Crippen molar-refractivity contribution in [3.63, 3.8) is 0 Å². The van der Waals surface area contributed by atoms with Crippen LogP contribution in [0.1, 0.15) is 29.1 Å².